The molecule has 2 aromatic heterocycles. The summed E-state index contributed by atoms with van der Waals surface area (Å²) in [6, 6.07) is 13.3. The number of thioether (sulfide) groups is 1. The first kappa shape index (κ1) is 19.3. The van der Waals surface area contributed by atoms with Gasteiger partial charge < -0.3 is 5.32 Å². The van der Waals surface area contributed by atoms with Crippen molar-refractivity contribution in [1.82, 2.24) is 15.5 Å². The third-order valence-corrected chi connectivity index (χ3v) is 6.05. The van der Waals surface area contributed by atoms with Gasteiger partial charge in [-0.2, -0.15) is 0 Å². The zero-order chi connectivity index (χ0) is 18.9. The summed E-state index contributed by atoms with van der Waals surface area (Å²) in [5.41, 5.74) is 1.19. The summed E-state index contributed by atoms with van der Waals surface area (Å²) in [7, 11) is 0. The Hall–Kier alpha value is -2.43. The summed E-state index contributed by atoms with van der Waals surface area (Å²) in [4.78, 5) is 23.8. The number of benzene rings is 1. The molecule has 0 saturated carbocycles. The molecule has 0 saturated heterocycles. The molecule has 3 N–H and O–H groups in total. The van der Waals surface area contributed by atoms with Gasteiger partial charge >= 0.3 is 6.03 Å². The third-order valence-electron chi connectivity index (χ3n) is 3.29. The molecule has 0 unspecified atom stereocenters. The van der Waals surface area contributed by atoms with Gasteiger partial charge in [-0.3, -0.25) is 15.4 Å². The minimum Gasteiger partial charge on any atom is -0.355 e. The van der Waals surface area contributed by atoms with Gasteiger partial charge in [0, 0.05) is 6.54 Å². The van der Waals surface area contributed by atoms with Crippen molar-refractivity contribution in [3.05, 3.63) is 53.4 Å². The van der Waals surface area contributed by atoms with Crippen molar-refractivity contribution in [2.24, 2.45) is 0 Å². The van der Waals surface area contributed by atoms with Crippen LogP contribution >= 0.6 is 34.4 Å². The summed E-state index contributed by atoms with van der Waals surface area (Å²) in [6.07, 6.45) is 0.795. The van der Waals surface area contributed by atoms with Crippen LogP contribution in [0.25, 0.3) is 0 Å². The van der Waals surface area contributed by atoms with Crippen molar-refractivity contribution in [3.63, 3.8) is 0 Å². The molecule has 27 heavy (non-hydrogen) atoms. The van der Waals surface area contributed by atoms with Gasteiger partial charge in [0.15, 0.2) is 4.34 Å². The van der Waals surface area contributed by atoms with E-state index in [0.29, 0.717) is 16.0 Å². The highest BCUT2D eigenvalue weighted by atomic mass is 32.2. The van der Waals surface area contributed by atoms with Crippen LogP contribution in [0.4, 0.5) is 14.9 Å². The van der Waals surface area contributed by atoms with Crippen LogP contribution in [0.5, 0.6) is 0 Å². The van der Waals surface area contributed by atoms with E-state index in [1.165, 1.54) is 40.0 Å². The molecule has 0 aliphatic carbocycles. The van der Waals surface area contributed by atoms with Crippen LogP contribution < -0.4 is 16.0 Å². The van der Waals surface area contributed by atoms with Crippen LogP contribution in [0.1, 0.15) is 5.56 Å². The number of aromatic nitrogens is 2. The fraction of sp³-hybridized carbons (Fsp3) is 0.176. The molecule has 0 atom stereocenters. The fourth-order valence-corrected chi connectivity index (χ4v) is 4.27. The van der Waals surface area contributed by atoms with Gasteiger partial charge in [0.2, 0.25) is 11.0 Å². The maximum absolute atomic E-state index is 11.9. The Kier molecular flexibility index (Phi) is 7.19. The summed E-state index contributed by atoms with van der Waals surface area (Å²) < 4.78 is 0.625. The van der Waals surface area contributed by atoms with Crippen LogP contribution in [-0.2, 0) is 11.2 Å². The number of thiophene rings is 1. The lowest BCUT2D eigenvalue weighted by Crippen LogP contribution is -2.27. The average molecular weight is 420 g/mol. The molecule has 0 spiro atoms. The third kappa shape index (κ3) is 6.66. The van der Waals surface area contributed by atoms with E-state index in [0.717, 1.165) is 11.4 Å². The van der Waals surface area contributed by atoms with Crippen LogP contribution in [0, 0.1) is 0 Å². The highest BCUT2D eigenvalue weighted by Crippen LogP contribution is 2.25. The second-order valence-electron chi connectivity index (χ2n) is 5.30. The van der Waals surface area contributed by atoms with E-state index in [4.69, 9.17) is 0 Å². The molecule has 0 fully saturated rings. The number of carbonyl (C=O) groups excluding carboxylic acids is 2. The number of hydrogen-bond acceptors (Lipinski definition) is 7. The van der Waals surface area contributed by atoms with Crippen molar-refractivity contribution in [2.45, 2.75) is 10.8 Å². The topological polar surface area (TPSA) is 96.0 Å². The number of carbonyl (C=O) groups is 2. The molecule has 2 heterocycles. The van der Waals surface area contributed by atoms with E-state index in [1.54, 1.807) is 0 Å². The first-order valence-corrected chi connectivity index (χ1v) is 10.8. The Labute approximate surface area is 168 Å². The second-order valence-corrected chi connectivity index (χ2v) is 8.45. The van der Waals surface area contributed by atoms with Crippen LogP contribution in [-0.4, -0.2) is 34.4 Å². The Morgan fingerprint density at radius 3 is 2.67 bits per heavy atom. The second kappa shape index (κ2) is 10.0. The monoisotopic (exact) mass is 419 g/mol. The number of nitrogens with zero attached hydrogens (tertiary/aromatic N) is 2. The summed E-state index contributed by atoms with van der Waals surface area (Å²) >= 11 is 3.95. The van der Waals surface area contributed by atoms with Crippen molar-refractivity contribution in [2.75, 3.05) is 22.9 Å². The number of anilines is 2. The van der Waals surface area contributed by atoms with Gasteiger partial charge in [-0.15, -0.1) is 21.5 Å². The van der Waals surface area contributed by atoms with Gasteiger partial charge in [0.25, 0.3) is 0 Å². The summed E-state index contributed by atoms with van der Waals surface area (Å²) in [5.74, 6) is 0.196. The van der Waals surface area contributed by atoms with E-state index >= 15 is 0 Å². The Balaban J connectivity index is 1.36. The maximum atomic E-state index is 11.9. The SMILES string of the molecule is O=C(CSc1nnc(NC(=O)Nc2cccs2)s1)NCCc1ccccc1. The Morgan fingerprint density at radius 2 is 1.89 bits per heavy atom. The molecule has 10 heteroatoms. The highest BCUT2D eigenvalue weighted by molar-refractivity contribution is 8.01. The van der Waals surface area contributed by atoms with Gasteiger partial charge in [0.1, 0.15) is 0 Å². The van der Waals surface area contributed by atoms with Crippen LogP contribution in [0.15, 0.2) is 52.2 Å². The average Bonchev–Trinajstić information content (AvgIpc) is 3.33. The minimum atomic E-state index is -0.371. The summed E-state index contributed by atoms with van der Waals surface area (Å²) in [6.45, 7) is 0.592. The fourth-order valence-electron chi connectivity index (χ4n) is 2.08. The predicted molar refractivity (Wildman–Crippen MR) is 111 cm³/mol. The first-order valence-electron chi connectivity index (χ1n) is 8.07. The summed E-state index contributed by atoms with van der Waals surface area (Å²) in [5, 5.41) is 19.1. The van der Waals surface area contributed by atoms with Crippen molar-refractivity contribution in [3.8, 4) is 0 Å². The normalized spacial score (nSPS) is 10.4. The number of rotatable bonds is 8. The zero-order valence-electron chi connectivity index (χ0n) is 14.2. The van der Waals surface area contributed by atoms with Gasteiger partial charge in [-0.1, -0.05) is 53.4 Å². The van der Waals surface area contributed by atoms with E-state index in [1.807, 2.05) is 47.8 Å². The first-order chi connectivity index (χ1) is 13.2. The van der Waals surface area contributed by atoms with E-state index in [2.05, 4.69) is 26.1 Å². The molecule has 3 rings (SSSR count). The lowest BCUT2D eigenvalue weighted by Gasteiger charge is -2.04. The van der Waals surface area contributed by atoms with E-state index in [-0.39, 0.29) is 17.7 Å². The quantitative estimate of drug-likeness (QED) is 0.382. The number of nitrogens with one attached hydrogen (secondary N) is 3. The molecular weight excluding hydrogens is 402 g/mol. The maximum Gasteiger partial charge on any atom is 0.326 e. The molecule has 3 aromatic rings. The van der Waals surface area contributed by atoms with Gasteiger partial charge in [-0.25, -0.2) is 4.79 Å². The van der Waals surface area contributed by atoms with Crippen molar-refractivity contribution < 1.29 is 9.59 Å². The molecule has 140 valence electrons. The molecule has 0 bridgehead atoms. The molecule has 0 aliphatic heterocycles. The lowest BCUT2D eigenvalue weighted by molar-refractivity contribution is -0.118. The largest absolute Gasteiger partial charge is 0.355 e. The van der Waals surface area contributed by atoms with E-state index in [9.17, 15) is 9.59 Å². The van der Waals surface area contributed by atoms with Crippen molar-refractivity contribution >= 4 is 56.5 Å². The standard InChI is InChI=1S/C17H17N5O2S3/c23-13(18-9-8-12-5-2-1-3-6-12)11-26-17-22-21-16(27-17)20-15(24)19-14-7-4-10-25-14/h1-7,10H,8-9,11H2,(H,18,23)(H2,19,20,21,24). The van der Waals surface area contributed by atoms with Crippen molar-refractivity contribution in [1.29, 1.82) is 0 Å². The Bertz CT molecular complexity index is 868. The molecule has 0 aliphatic rings. The smallest absolute Gasteiger partial charge is 0.326 e. The highest BCUT2D eigenvalue weighted by Gasteiger charge is 2.10. The lowest BCUT2D eigenvalue weighted by atomic mass is 10.1. The predicted octanol–water partition coefficient (Wildman–Crippen LogP) is 3.69. The molecule has 3 amide bonds. The van der Waals surface area contributed by atoms with Crippen LogP contribution in [0.2, 0.25) is 0 Å². The van der Waals surface area contributed by atoms with Gasteiger partial charge in [0.05, 0.1) is 10.8 Å². The molecular formula is C17H17N5O2S3. The minimum absolute atomic E-state index is 0.0592. The molecule has 7 nitrogen and oxygen atoms in total. The zero-order valence-corrected chi connectivity index (χ0v) is 16.6. The number of urea groups is 1. The number of amides is 3. The van der Waals surface area contributed by atoms with Gasteiger partial charge in [-0.05, 0) is 29.5 Å². The molecule has 1 aromatic carbocycles. The van der Waals surface area contributed by atoms with Crippen LogP contribution in [0.3, 0.4) is 0 Å². The van der Waals surface area contributed by atoms with E-state index < -0.39 is 0 Å². The molecule has 0 radical (unpaired) electrons. The Morgan fingerprint density at radius 1 is 1.04 bits per heavy atom. The number of hydrogen-bond donors (Lipinski definition) is 3.